The van der Waals surface area contributed by atoms with Crippen molar-refractivity contribution in [1.82, 2.24) is 25.3 Å². The summed E-state index contributed by atoms with van der Waals surface area (Å²) in [6, 6.07) is 1.01. The maximum absolute atomic E-state index is 13.4. The molecule has 1 fully saturated rings. The first-order valence-electron chi connectivity index (χ1n) is 13.6. The number of amides is 3. The molecule has 3 rings (SSSR count). The smallest absolute Gasteiger partial charge is 0.424 e. The van der Waals surface area contributed by atoms with Crippen LogP contribution in [0.2, 0.25) is 0 Å². The molecule has 1 aliphatic rings. The van der Waals surface area contributed by atoms with Crippen LogP contribution in [0.15, 0.2) is 30.9 Å². The molecule has 1 aliphatic heterocycles. The van der Waals surface area contributed by atoms with Crippen LogP contribution in [0.3, 0.4) is 0 Å². The number of piperidine rings is 1. The van der Waals surface area contributed by atoms with E-state index >= 15 is 0 Å². The number of hydrogen-bond donors (Lipinski definition) is 1. The summed E-state index contributed by atoms with van der Waals surface area (Å²) in [5, 5.41) is 11.1. The molecule has 13 heteroatoms. The number of pyridine rings is 1. The van der Waals surface area contributed by atoms with Crippen molar-refractivity contribution in [1.29, 1.82) is 0 Å². The first-order chi connectivity index (χ1) is 18.8. The van der Waals surface area contributed by atoms with E-state index < -0.39 is 41.1 Å². The van der Waals surface area contributed by atoms with Gasteiger partial charge in [0.1, 0.15) is 22.5 Å². The number of carbonyl (C=O) groups is 3. The zero-order chi connectivity index (χ0) is 30.8. The van der Waals surface area contributed by atoms with Crippen molar-refractivity contribution in [3.8, 4) is 0 Å². The number of nitrogens with one attached hydrogen (secondary N) is 1. The van der Waals surface area contributed by atoms with E-state index in [0.29, 0.717) is 18.8 Å². The molecule has 226 valence electrons. The fourth-order valence-corrected chi connectivity index (χ4v) is 4.59. The van der Waals surface area contributed by atoms with Gasteiger partial charge in [-0.2, -0.15) is 4.90 Å². The summed E-state index contributed by atoms with van der Waals surface area (Å²) in [7, 11) is 0. The summed E-state index contributed by atoms with van der Waals surface area (Å²) in [6.07, 6.45) is 3.99. The molecule has 3 atom stereocenters. The highest BCUT2D eigenvalue weighted by Gasteiger charge is 2.41. The molecule has 1 N–H and O–H groups in total. The lowest BCUT2D eigenvalue weighted by molar-refractivity contribution is 0.0426. The third kappa shape index (κ3) is 8.79. The number of rotatable bonds is 4. The van der Waals surface area contributed by atoms with Gasteiger partial charge in [-0.05, 0) is 74.3 Å². The van der Waals surface area contributed by atoms with Crippen LogP contribution in [-0.4, -0.2) is 74.2 Å². The third-order valence-electron chi connectivity index (χ3n) is 5.88. The van der Waals surface area contributed by atoms with Crippen LogP contribution in [0, 0.1) is 5.92 Å². The molecule has 0 saturated carbocycles. The summed E-state index contributed by atoms with van der Waals surface area (Å²) >= 11 is 0. The Morgan fingerprint density at radius 1 is 0.902 bits per heavy atom. The Balaban J connectivity index is 2.03. The molecule has 13 nitrogen and oxygen atoms in total. The monoisotopic (exact) mass is 573 g/mol. The molecule has 41 heavy (non-hydrogen) atoms. The number of carbonyl (C=O) groups excluding carboxylic acids is 3. The predicted molar refractivity (Wildman–Crippen MR) is 153 cm³/mol. The molecule has 1 saturated heterocycles. The van der Waals surface area contributed by atoms with Crippen LogP contribution >= 0.6 is 0 Å². The topological polar surface area (TPSA) is 141 Å². The molecule has 3 amide bonds. The van der Waals surface area contributed by atoms with Gasteiger partial charge in [-0.3, -0.25) is 4.98 Å². The van der Waals surface area contributed by atoms with Crippen molar-refractivity contribution in [2.45, 2.75) is 98.1 Å². The van der Waals surface area contributed by atoms with Crippen LogP contribution in [0.5, 0.6) is 0 Å². The minimum Gasteiger partial charge on any atom is -0.444 e. The van der Waals surface area contributed by atoms with E-state index in [-0.39, 0.29) is 17.6 Å². The minimum atomic E-state index is -0.894. The SMILES string of the molecule is CC1CN(c2ccncc2N(C(=O)OC(C)(C)C)C(=O)OC(C)(C)C)CC(NC(=O)OC(C)(C)C)C1n1ccnn1. The van der Waals surface area contributed by atoms with Gasteiger partial charge in [-0.25, -0.2) is 19.1 Å². The summed E-state index contributed by atoms with van der Waals surface area (Å²) in [6.45, 7) is 18.5. The van der Waals surface area contributed by atoms with Crippen LogP contribution in [0.4, 0.5) is 25.8 Å². The van der Waals surface area contributed by atoms with Crippen molar-refractivity contribution in [3.63, 3.8) is 0 Å². The maximum atomic E-state index is 13.4. The quantitative estimate of drug-likeness (QED) is 0.500. The molecule has 0 radical (unpaired) electrons. The van der Waals surface area contributed by atoms with E-state index in [1.54, 1.807) is 91.7 Å². The Morgan fingerprint density at radius 2 is 1.49 bits per heavy atom. The van der Waals surface area contributed by atoms with Gasteiger partial charge in [0, 0.05) is 25.5 Å². The molecular weight excluding hydrogens is 530 g/mol. The average Bonchev–Trinajstić information content (AvgIpc) is 3.29. The maximum Gasteiger partial charge on any atom is 0.424 e. The van der Waals surface area contributed by atoms with Crippen molar-refractivity contribution in [2.24, 2.45) is 5.92 Å². The largest absolute Gasteiger partial charge is 0.444 e. The van der Waals surface area contributed by atoms with Crippen molar-refractivity contribution >= 4 is 29.7 Å². The Morgan fingerprint density at radius 3 is 2.00 bits per heavy atom. The zero-order valence-corrected chi connectivity index (χ0v) is 25.7. The minimum absolute atomic E-state index is 0.0529. The number of anilines is 2. The Labute approximate surface area is 241 Å². The van der Waals surface area contributed by atoms with Gasteiger partial charge in [0.25, 0.3) is 0 Å². The number of alkyl carbamates (subject to hydrolysis) is 1. The van der Waals surface area contributed by atoms with Gasteiger partial charge in [-0.15, -0.1) is 5.10 Å². The lowest BCUT2D eigenvalue weighted by Gasteiger charge is -2.44. The molecular formula is C28H43N7O6. The zero-order valence-electron chi connectivity index (χ0n) is 25.7. The van der Waals surface area contributed by atoms with Gasteiger partial charge in [0.15, 0.2) is 0 Å². The van der Waals surface area contributed by atoms with Crippen LogP contribution in [0.25, 0.3) is 0 Å². The highest BCUT2D eigenvalue weighted by atomic mass is 16.6. The van der Waals surface area contributed by atoms with Gasteiger partial charge in [0.2, 0.25) is 0 Å². The molecule has 3 unspecified atom stereocenters. The van der Waals surface area contributed by atoms with Gasteiger partial charge in [-0.1, -0.05) is 12.1 Å². The lowest BCUT2D eigenvalue weighted by Crippen LogP contribution is -2.57. The molecule has 0 aromatic carbocycles. The fraction of sp³-hybridized carbons (Fsp3) is 0.643. The average molecular weight is 574 g/mol. The molecule has 2 aromatic heterocycles. The van der Waals surface area contributed by atoms with Crippen molar-refractivity contribution in [2.75, 3.05) is 22.9 Å². The van der Waals surface area contributed by atoms with Crippen molar-refractivity contribution < 1.29 is 28.6 Å². The highest BCUT2D eigenvalue weighted by molar-refractivity contribution is 6.11. The summed E-state index contributed by atoms with van der Waals surface area (Å²) in [5.74, 6) is -0.0529. The number of aromatic nitrogens is 4. The second kappa shape index (κ2) is 11.9. The van der Waals surface area contributed by atoms with E-state index in [2.05, 4.69) is 20.6 Å². The van der Waals surface area contributed by atoms with E-state index in [1.807, 2.05) is 11.8 Å². The predicted octanol–water partition coefficient (Wildman–Crippen LogP) is 4.94. The molecule has 0 spiro atoms. The number of hydrogen-bond acceptors (Lipinski definition) is 10. The van der Waals surface area contributed by atoms with E-state index in [1.165, 1.54) is 6.20 Å². The third-order valence-corrected chi connectivity index (χ3v) is 5.88. The van der Waals surface area contributed by atoms with Gasteiger partial charge < -0.3 is 24.4 Å². The van der Waals surface area contributed by atoms with Crippen molar-refractivity contribution in [3.05, 3.63) is 30.9 Å². The Bertz CT molecular complexity index is 1190. The number of nitrogens with zero attached hydrogens (tertiary/aromatic N) is 6. The lowest BCUT2D eigenvalue weighted by atomic mass is 9.89. The first-order valence-corrected chi connectivity index (χ1v) is 13.6. The summed E-state index contributed by atoms with van der Waals surface area (Å²) < 4.78 is 18.4. The Kier molecular flexibility index (Phi) is 9.19. The molecule has 3 heterocycles. The second-order valence-electron chi connectivity index (χ2n) is 13.2. The fourth-order valence-electron chi connectivity index (χ4n) is 4.59. The molecule has 2 aromatic rings. The van der Waals surface area contributed by atoms with E-state index in [0.717, 1.165) is 4.90 Å². The summed E-state index contributed by atoms with van der Waals surface area (Å²) in [5.41, 5.74) is -1.69. The normalized spacial score (nSPS) is 19.8. The van der Waals surface area contributed by atoms with E-state index in [4.69, 9.17) is 14.2 Å². The second-order valence-corrected chi connectivity index (χ2v) is 13.2. The van der Waals surface area contributed by atoms with Gasteiger partial charge in [0.05, 0.1) is 30.2 Å². The molecule has 0 bridgehead atoms. The van der Waals surface area contributed by atoms with Crippen LogP contribution < -0.4 is 15.1 Å². The highest BCUT2D eigenvalue weighted by Crippen LogP contribution is 2.36. The number of imide groups is 1. The standard InChI is InChI=1S/C28H43N7O6/c1-18-16-33(17-19(22(18)34-14-13-30-32-34)31-23(36)39-26(2,3)4)20-11-12-29-15-21(20)35(24(37)40-27(5,6)7)25(38)41-28(8,9)10/h11-15,18-19,22H,16-17H2,1-10H3,(H,31,36). The Hall–Kier alpha value is -3.90. The van der Waals surface area contributed by atoms with Gasteiger partial charge >= 0.3 is 18.3 Å². The molecule has 0 aliphatic carbocycles. The van der Waals surface area contributed by atoms with Crippen LogP contribution in [-0.2, 0) is 14.2 Å². The van der Waals surface area contributed by atoms with E-state index in [9.17, 15) is 14.4 Å². The number of ether oxygens (including phenoxy) is 3. The summed E-state index contributed by atoms with van der Waals surface area (Å²) in [4.78, 5) is 46.7. The first kappa shape index (κ1) is 31.6. The van der Waals surface area contributed by atoms with Crippen LogP contribution in [0.1, 0.15) is 75.3 Å².